The number of esters is 2. The summed E-state index contributed by atoms with van der Waals surface area (Å²) < 4.78 is 51.8. The standard InChI is InChI=1S/C52H66N2O12/c1-53(22-18-37-30-39(34-55)46(60-5)32-40(37)42(53)26-35-12-14-44(58-3)47(28-35)61-6)20-10-24-65-51(56)16-17-52(57)66-25-11-21-54(2)23-19-38-31-49(63-8)50(64-9)33-41(38)43(54)27-36-13-15-45(59-4)48(29-36)62-7/h12-17,28-34,42-43H,10-11,18-27H2,1-9H3/q+2/b17-16+/t42-,43-,53?,54-/m1/s1. The highest BCUT2D eigenvalue weighted by molar-refractivity contribution is 5.91. The summed E-state index contributed by atoms with van der Waals surface area (Å²) in [6.07, 6.45) is 7.35. The van der Waals surface area contributed by atoms with E-state index in [2.05, 4.69) is 32.3 Å². The molecular formula is C52H66N2O12+2. The van der Waals surface area contributed by atoms with Crippen LogP contribution in [0.4, 0.5) is 0 Å². The van der Waals surface area contributed by atoms with Crippen molar-refractivity contribution in [3.05, 3.63) is 112 Å². The highest BCUT2D eigenvalue weighted by Gasteiger charge is 2.41. The second-order valence-corrected chi connectivity index (χ2v) is 17.4. The molecule has 2 aliphatic heterocycles. The third-order valence-corrected chi connectivity index (χ3v) is 13.5. The van der Waals surface area contributed by atoms with Gasteiger partial charge in [0, 0.05) is 61.8 Å². The van der Waals surface area contributed by atoms with E-state index in [9.17, 15) is 14.4 Å². The molecule has 6 rings (SSSR count). The molecule has 0 amide bonds. The average Bonchev–Trinajstić information content (AvgIpc) is 3.34. The summed E-state index contributed by atoms with van der Waals surface area (Å²) in [4.78, 5) is 37.5. The number of carbonyl (C=O) groups excluding carboxylic acids is 3. The van der Waals surface area contributed by atoms with Crippen LogP contribution in [-0.2, 0) is 44.7 Å². The van der Waals surface area contributed by atoms with Crippen molar-refractivity contribution in [3.8, 4) is 40.2 Å². The van der Waals surface area contributed by atoms with Crippen LogP contribution >= 0.6 is 0 Å². The smallest absolute Gasteiger partial charge is 0.331 e. The topological polar surface area (TPSA) is 134 Å². The normalized spacial score (nSPS) is 19.8. The SMILES string of the molecule is COc1cc2c(cc1C=O)CC[N+](C)(CCCOC(=O)/C=C/C(=O)OCCC[N@+]1(C)CCc3cc(OC)c(OC)cc3[C@H]1Cc1ccc(OC)c(OC)c1)[C@@H]2Cc1ccc(OC)c(OC)c1. The minimum atomic E-state index is -0.610. The molecule has 4 aromatic carbocycles. The van der Waals surface area contributed by atoms with Crippen LogP contribution in [0.15, 0.2) is 72.8 Å². The van der Waals surface area contributed by atoms with Crippen molar-refractivity contribution in [3.63, 3.8) is 0 Å². The number of rotatable bonds is 22. The molecule has 0 saturated heterocycles. The lowest BCUT2D eigenvalue weighted by Crippen LogP contribution is -2.52. The predicted molar refractivity (Wildman–Crippen MR) is 249 cm³/mol. The van der Waals surface area contributed by atoms with Crippen molar-refractivity contribution >= 4 is 18.2 Å². The highest BCUT2D eigenvalue weighted by atomic mass is 16.5. The number of quaternary nitrogens is 2. The van der Waals surface area contributed by atoms with E-state index < -0.39 is 11.9 Å². The van der Waals surface area contributed by atoms with E-state index in [1.165, 1.54) is 11.1 Å². The van der Waals surface area contributed by atoms with Crippen LogP contribution < -0.4 is 33.2 Å². The molecule has 4 aromatic rings. The maximum Gasteiger partial charge on any atom is 0.331 e. The first-order valence-corrected chi connectivity index (χ1v) is 22.4. The Hall–Kier alpha value is -6.25. The summed E-state index contributed by atoms with van der Waals surface area (Å²) in [5.41, 5.74) is 7.35. The van der Waals surface area contributed by atoms with E-state index in [1.807, 2.05) is 42.5 Å². The largest absolute Gasteiger partial charge is 0.496 e. The Labute approximate surface area is 389 Å². The van der Waals surface area contributed by atoms with Gasteiger partial charge in [-0.3, -0.25) is 4.79 Å². The first-order valence-electron chi connectivity index (χ1n) is 22.4. The Balaban J connectivity index is 1.04. The van der Waals surface area contributed by atoms with E-state index >= 15 is 0 Å². The first-order chi connectivity index (χ1) is 31.9. The highest BCUT2D eigenvalue weighted by Crippen LogP contribution is 2.44. The van der Waals surface area contributed by atoms with Crippen LogP contribution in [0.5, 0.6) is 40.2 Å². The van der Waals surface area contributed by atoms with E-state index in [-0.39, 0.29) is 25.3 Å². The Morgan fingerprint density at radius 2 is 0.924 bits per heavy atom. The fraction of sp³-hybridized carbons (Fsp3) is 0.442. The van der Waals surface area contributed by atoms with E-state index in [4.69, 9.17) is 42.6 Å². The second-order valence-electron chi connectivity index (χ2n) is 17.4. The number of benzene rings is 4. The number of likely N-dealkylation sites (N-methyl/N-ethyl adjacent to an activating group) is 2. The Kier molecular flexibility index (Phi) is 16.6. The zero-order valence-corrected chi connectivity index (χ0v) is 39.9. The zero-order valence-electron chi connectivity index (χ0n) is 39.9. The number of hydrogen-bond donors (Lipinski definition) is 0. The van der Waals surface area contributed by atoms with Gasteiger partial charge >= 0.3 is 11.9 Å². The molecule has 0 aliphatic carbocycles. The Bertz CT molecular complexity index is 2380. The quantitative estimate of drug-likeness (QED) is 0.0259. The van der Waals surface area contributed by atoms with Gasteiger partial charge in [-0.15, -0.1) is 0 Å². The molecule has 14 heteroatoms. The van der Waals surface area contributed by atoms with Gasteiger partial charge in [-0.25, -0.2) is 9.59 Å². The van der Waals surface area contributed by atoms with Crippen molar-refractivity contribution in [2.75, 3.05) is 103 Å². The number of ether oxygens (including phenoxy) is 9. The average molecular weight is 911 g/mol. The summed E-state index contributed by atoms with van der Waals surface area (Å²) in [6.45, 7) is 3.53. The van der Waals surface area contributed by atoms with E-state index in [1.54, 1.807) is 49.8 Å². The molecule has 0 fully saturated rings. The van der Waals surface area contributed by atoms with Crippen LogP contribution in [0.1, 0.15) is 68.7 Å². The van der Waals surface area contributed by atoms with Crippen molar-refractivity contribution in [2.24, 2.45) is 0 Å². The molecule has 1 unspecified atom stereocenters. The predicted octanol–water partition coefficient (Wildman–Crippen LogP) is 7.26. The van der Waals surface area contributed by atoms with Crippen molar-refractivity contribution in [1.29, 1.82) is 0 Å². The molecule has 2 aliphatic rings. The van der Waals surface area contributed by atoms with Gasteiger partial charge < -0.3 is 51.6 Å². The van der Waals surface area contributed by atoms with Gasteiger partial charge in [0.2, 0.25) is 0 Å². The summed E-state index contributed by atoms with van der Waals surface area (Å²) in [5, 5.41) is 0. The van der Waals surface area contributed by atoms with E-state index in [0.717, 1.165) is 79.6 Å². The summed E-state index contributed by atoms with van der Waals surface area (Å²) >= 11 is 0. The summed E-state index contributed by atoms with van der Waals surface area (Å²) in [5.74, 6) is 3.36. The molecule has 0 saturated carbocycles. The summed E-state index contributed by atoms with van der Waals surface area (Å²) in [6, 6.07) is 20.2. The van der Waals surface area contributed by atoms with Crippen LogP contribution in [0.2, 0.25) is 0 Å². The minimum Gasteiger partial charge on any atom is -0.496 e. The first kappa shape index (κ1) is 49.2. The molecule has 0 aromatic heterocycles. The number of methoxy groups -OCH3 is 7. The number of nitrogens with zero attached hydrogens (tertiary/aromatic N) is 2. The molecular weight excluding hydrogens is 845 g/mol. The molecule has 0 bridgehead atoms. The molecule has 14 nitrogen and oxygen atoms in total. The third kappa shape index (κ3) is 11.2. The van der Waals surface area contributed by atoms with Crippen LogP contribution in [0.3, 0.4) is 0 Å². The van der Waals surface area contributed by atoms with Gasteiger partial charge in [-0.1, -0.05) is 12.1 Å². The van der Waals surface area contributed by atoms with Gasteiger partial charge in [0.25, 0.3) is 0 Å². The number of hydrogen-bond acceptors (Lipinski definition) is 12. The maximum atomic E-state index is 12.8. The lowest BCUT2D eigenvalue weighted by atomic mass is 9.85. The zero-order chi connectivity index (χ0) is 47.4. The van der Waals surface area contributed by atoms with Crippen molar-refractivity contribution < 1.29 is 66.0 Å². The number of carbonyl (C=O) groups is 3. The number of aldehydes is 1. The molecule has 0 N–H and O–H groups in total. The summed E-state index contributed by atoms with van der Waals surface area (Å²) in [7, 11) is 15.8. The minimum absolute atomic E-state index is 0.0122. The molecule has 0 spiro atoms. The number of fused-ring (bicyclic) bond motifs is 2. The Morgan fingerprint density at radius 3 is 1.35 bits per heavy atom. The van der Waals surface area contributed by atoms with Gasteiger partial charge in [0.1, 0.15) is 17.8 Å². The lowest BCUT2D eigenvalue weighted by Gasteiger charge is -2.46. The van der Waals surface area contributed by atoms with Gasteiger partial charge in [0.15, 0.2) is 40.8 Å². The van der Waals surface area contributed by atoms with Crippen LogP contribution in [-0.4, -0.2) is 130 Å². The maximum absolute atomic E-state index is 12.8. The fourth-order valence-electron chi connectivity index (χ4n) is 9.74. The fourth-order valence-corrected chi connectivity index (χ4v) is 9.74. The molecule has 0 radical (unpaired) electrons. The van der Waals surface area contributed by atoms with Crippen molar-refractivity contribution in [1.82, 2.24) is 0 Å². The van der Waals surface area contributed by atoms with Gasteiger partial charge in [-0.2, -0.15) is 0 Å². The van der Waals surface area contributed by atoms with Gasteiger partial charge in [0.05, 0.1) is 109 Å². The van der Waals surface area contributed by atoms with Crippen LogP contribution in [0, 0.1) is 0 Å². The van der Waals surface area contributed by atoms with Crippen molar-refractivity contribution in [2.45, 2.75) is 50.6 Å². The second kappa shape index (κ2) is 22.3. The lowest BCUT2D eigenvalue weighted by molar-refractivity contribution is -0.941. The molecule has 2 heterocycles. The molecule has 66 heavy (non-hydrogen) atoms. The van der Waals surface area contributed by atoms with Crippen LogP contribution in [0.25, 0.3) is 0 Å². The molecule has 4 atom stereocenters. The van der Waals surface area contributed by atoms with E-state index in [0.29, 0.717) is 80.6 Å². The Morgan fingerprint density at radius 1 is 0.530 bits per heavy atom. The third-order valence-electron chi connectivity index (χ3n) is 13.5. The molecule has 354 valence electrons. The monoisotopic (exact) mass is 910 g/mol. The van der Waals surface area contributed by atoms with Gasteiger partial charge in [-0.05, 0) is 70.8 Å².